The molecular formula is C19H17ClN4O. The van der Waals surface area contributed by atoms with Gasteiger partial charge in [-0.1, -0.05) is 35.9 Å². The number of anilines is 3. The van der Waals surface area contributed by atoms with Crippen molar-refractivity contribution in [1.29, 1.82) is 0 Å². The Balaban J connectivity index is 1.87. The smallest absolute Gasteiger partial charge is 0.274 e. The third-order valence-electron chi connectivity index (χ3n) is 3.63. The van der Waals surface area contributed by atoms with Crippen molar-refractivity contribution in [2.45, 2.75) is 6.92 Å². The minimum Gasteiger partial charge on any atom is -0.329 e. The number of carbonyl (C=O) groups is 1. The summed E-state index contributed by atoms with van der Waals surface area (Å²) in [5, 5.41) is 3.36. The second-order valence-corrected chi connectivity index (χ2v) is 5.95. The molecule has 0 aliphatic heterocycles. The minimum atomic E-state index is -0.310. The molecule has 1 N–H and O–H groups in total. The third kappa shape index (κ3) is 4.14. The van der Waals surface area contributed by atoms with Crippen LogP contribution < -0.4 is 10.2 Å². The minimum absolute atomic E-state index is 0.297. The van der Waals surface area contributed by atoms with Crippen molar-refractivity contribution in [3.63, 3.8) is 0 Å². The molecule has 25 heavy (non-hydrogen) atoms. The van der Waals surface area contributed by atoms with E-state index in [-0.39, 0.29) is 5.91 Å². The number of amides is 1. The van der Waals surface area contributed by atoms with Gasteiger partial charge in [0.1, 0.15) is 17.3 Å². The molecule has 0 saturated carbocycles. The average Bonchev–Trinajstić information content (AvgIpc) is 2.61. The van der Waals surface area contributed by atoms with Crippen LogP contribution in [0.5, 0.6) is 0 Å². The maximum absolute atomic E-state index is 12.5. The number of rotatable bonds is 4. The topological polar surface area (TPSA) is 58.1 Å². The van der Waals surface area contributed by atoms with Crippen molar-refractivity contribution in [2.24, 2.45) is 0 Å². The van der Waals surface area contributed by atoms with Crippen LogP contribution in [0.4, 0.5) is 17.2 Å². The lowest BCUT2D eigenvalue weighted by Crippen LogP contribution is -2.18. The molecule has 0 saturated heterocycles. The fraction of sp³-hybridized carbons (Fsp3) is 0.105. The highest BCUT2D eigenvalue weighted by molar-refractivity contribution is 6.30. The SMILES string of the molecule is Cc1nc(C(=O)Nc2cccc(Cl)c2)cc(N(C)c2ccccc2)n1. The van der Waals surface area contributed by atoms with E-state index in [0.717, 1.165) is 5.69 Å². The second-order valence-electron chi connectivity index (χ2n) is 5.52. The summed E-state index contributed by atoms with van der Waals surface area (Å²) < 4.78 is 0. The van der Waals surface area contributed by atoms with Gasteiger partial charge >= 0.3 is 0 Å². The molecule has 0 spiro atoms. The lowest BCUT2D eigenvalue weighted by atomic mass is 10.2. The molecule has 2 aromatic carbocycles. The molecule has 1 aromatic heterocycles. The summed E-state index contributed by atoms with van der Waals surface area (Å²) >= 11 is 5.95. The van der Waals surface area contributed by atoms with Crippen LogP contribution in [0.3, 0.4) is 0 Å². The fourth-order valence-electron chi connectivity index (χ4n) is 2.39. The largest absolute Gasteiger partial charge is 0.329 e. The molecule has 6 heteroatoms. The van der Waals surface area contributed by atoms with Crippen molar-refractivity contribution in [2.75, 3.05) is 17.3 Å². The van der Waals surface area contributed by atoms with E-state index in [1.54, 1.807) is 37.3 Å². The number of nitrogens with zero attached hydrogens (tertiary/aromatic N) is 3. The van der Waals surface area contributed by atoms with E-state index >= 15 is 0 Å². The van der Waals surface area contributed by atoms with Crippen LogP contribution >= 0.6 is 11.6 Å². The lowest BCUT2D eigenvalue weighted by molar-refractivity contribution is 0.102. The highest BCUT2D eigenvalue weighted by Gasteiger charge is 2.14. The number of hydrogen-bond donors (Lipinski definition) is 1. The Morgan fingerprint density at radius 3 is 2.52 bits per heavy atom. The zero-order valence-electron chi connectivity index (χ0n) is 13.9. The molecule has 0 aliphatic carbocycles. The van der Waals surface area contributed by atoms with E-state index in [2.05, 4.69) is 15.3 Å². The van der Waals surface area contributed by atoms with Crippen molar-refractivity contribution in [3.8, 4) is 0 Å². The first-order valence-electron chi connectivity index (χ1n) is 7.74. The summed E-state index contributed by atoms with van der Waals surface area (Å²) in [4.78, 5) is 23.1. The van der Waals surface area contributed by atoms with Crippen LogP contribution in [0.25, 0.3) is 0 Å². The van der Waals surface area contributed by atoms with Gasteiger partial charge in [-0.2, -0.15) is 0 Å². The second kappa shape index (κ2) is 7.32. The van der Waals surface area contributed by atoms with Gasteiger partial charge in [0.2, 0.25) is 0 Å². The van der Waals surface area contributed by atoms with E-state index in [0.29, 0.717) is 28.0 Å². The molecule has 1 heterocycles. The van der Waals surface area contributed by atoms with Gasteiger partial charge in [0.05, 0.1) is 0 Å². The number of aryl methyl sites for hydroxylation is 1. The monoisotopic (exact) mass is 352 g/mol. The Labute approximate surface area is 151 Å². The predicted octanol–water partition coefficient (Wildman–Crippen LogP) is 4.46. The van der Waals surface area contributed by atoms with Crippen molar-refractivity contribution < 1.29 is 4.79 Å². The van der Waals surface area contributed by atoms with Crippen LogP contribution in [0, 0.1) is 6.92 Å². The van der Waals surface area contributed by atoms with Crippen molar-refractivity contribution in [1.82, 2.24) is 9.97 Å². The molecule has 0 aliphatic rings. The van der Waals surface area contributed by atoms with Gasteiger partial charge in [0.25, 0.3) is 5.91 Å². The average molecular weight is 353 g/mol. The number of nitrogens with one attached hydrogen (secondary N) is 1. The molecule has 1 amide bonds. The normalized spacial score (nSPS) is 10.4. The molecule has 0 fully saturated rings. The van der Waals surface area contributed by atoms with E-state index < -0.39 is 0 Å². The van der Waals surface area contributed by atoms with Gasteiger partial charge in [0, 0.05) is 29.5 Å². The first-order valence-corrected chi connectivity index (χ1v) is 8.12. The molecule has 3 rings (SSSR count). The van der Waals surface area contributed by atoms with Gasteiger partial charge < -0.3 is 10.2 Å². The summed E-state index contributed by atoms with van der Waals surface area (Å²) in [6.07, 6.45) is 0. The summed E-state index contributed by atoms with van der Waals surface area (Å²) in [5.41, 5.74) is 1.89. The Bertz CT molecular complexity index is 899. The number of para-hydroxylation sites is 1. The Hall–Kier alpha value is -2.92. The lowest BCUT2D eigenvalue weighted by Gasteiger charge is -2.19. The van der Waals surface area contributed by atoms with Crippen molar-refractivity contribution >= 4 is 34.7 Å². The molecular weight excluding hydrogens is 336 g/mol. The van der Waals surface area contributed by atoms with Gasteiger partial charge in [-0.05, 0) is 37.3 Å². The predicted molar refractivity (Wildman–Crippen MR) is 101 cm³/mol. The zero-order valence-corrected chi connectivity index (χ0v) is 14.7. The van der Waals surface area contributed by atoms with Gasteiger partial charge in [-0.25, -0.2) is 9.97 Å². The van der Waals surface area contributed by atoms with Crippen LogP contribution in [0.15, 0.2) is 60.7 Å². The van der Waals surface area contributed by atoms with E-state index in [4.69, 9.17) is 11.6 Å². The number of halogens is 1. The molecule has 3 aromatic rings. The molecule has 0 atom stereocenters. The van der Waals surface area contributed by atoms with Crippen LogP contribution in [-0.4, -0.2) is 22.9 Å². The van der Waals surface area contributed by atoms with E-state index in [1.807, 2.05) is 42.3 Å². The van der Waals surface area contributed by atoms with Gasteiger partial charge in [-0.15, -0.1) is 0 Å². The van der Waals surface area contributed by atoms with Crippen LogP contribution in [-0.2, 0) is 0 Å². The highest BCUT2D eigenvalue weighted by Crippen LogP contribution is 2.22. The van der Waals surface area contributed by atoms with E-state index in [1.165, 1.54) is 0 Å². The zero-order chi connectivity index (χ0) is 17.8. The Kier molecular flexibility index (Phi) is 4.95. The van der Waals surface area contributed by atoms with Crippen LogP contribution in [0.1, 0.15) is 16.3 Å². The number of aromatic nitrogens is 2. The molecule has 0 unspecified atom stereocenters. The van der Waals surface area contributed by atoms with E-state index in [9.17, 15) is 4.79 Å². The van der Waals surface area contributed by atoms with Gasteiger partial charge in [0.15, 0.2) is 0 Å². The first kappa shape index (κ1) is 16.9. The number of hydrogen-bond acceptors (Lipinski definition) is 4. The number of benzene rings is 2. The summed E-state index contributed by atoms with van der Waals surface area (Å²) in [6, 6.07) is 18.5. The quantitative estimate of drug-likeness (QED) is 0.753. The third-order valence-corrected chi connectivity index (χ3v) is 3.86. The highest BCUT2D eigenvalue weighted by atomic mass is 35.5. The maximum Gasteiger partial charge on any atom is 0.274 e. The summed E-state index contributed by atoms with van der Waals surface area (Å²) in [6.45, 7) is 1.76. The fourth-order valence-corrected chi connectivity index (χ4v) is 2.58. The molecule has 126 valence electrons. The summed E-state index contributed by atoms with van der Waals surface area (Å²) in [7, 11) is 1.90. The van der Waals surface area contributed by atoms with Crippen molar-refractivity contribution in [3.05, 3.63) is 77.2 Å². The Morgan fingerprint density at radius 1 is 1.04 bits per heavy atom. The van der Waals surface area contributed by atoms with Crippen LogP contribution in [0.2, 0.25) is 5.02 Å². The standard InChI is InChI=1S/C19H17ClN4O/c1-13-21-17(19(25)23-15-8-6-7-14(20)11-15)12-18(22-13)24(2)16-9-4-3-5-10-16/h3-12H,1-2H3,(H,23,25). The Morgan fingerprint density at radius 2 is 1.80 bits per heavy atom. The molecule has 0 bridgehead atoms. The molecule has 0 radical (unpaired) electrons. The first-order chi connectivity index (χ1) is 12.0. The maximum atomic E-state index is 12.5. The summed E-state index contributed by atoms with van der Waals surface area (Å²) in [5.74, 6) is 0.863. The van der Waals surface area contributed by atoms with Gasteiger partial charge in [-0.3, -0.25) is 4.79 Å². The number of carbonyl (C=O) groups excluding carboxylic acids is 1. The molecule has 5 nitrogen and oxygen atoms in total.